The Kier molecular flexibility index (Phi) is 7.04. The number of amides is 4. The Bertz CT molecular complexity index is 795. The largest absolute Gasteiger partial charge is 0.383 e. The number of carbonyl (C=O) groups is 3. The average molecular weight is 430 g/mol. The SMILES string of the molecule is COCCN(Cc1ccccc1)C(=O)CN1C(=O)NC2(CCC(C(C)(C)C)CC2)C1=O. The Labute approximate surface area is 185 Å². The molecule has 1 N–H and O–H groups in total. The zero-order valence-electron chi connectivity index (χ0n) is 19.1. The fourth-order valence-corrected chi connectivity index (χ4v) is 4.67. The number of benzene rings is 1. The predicted molar refractivity (Wildman–Crippen MR) is 118 cm³/mol. The van der Waals surface area contributed by atoms with E-state index in [9.17, 15) is 14.4 Å². The highest BCUT2D eigenvalue weighted by Crippen LogP contribution is 2.43. The van der Waals surface area contributed by atoms with E-state index in [4.69, 9.17) is 4.74 Å². The first-order valence-electron chi connectivity index (χ1n) is 11.1. The van der Waals surface area contributed by atoms with Crippen molar-refractivity contribution in [3.8, 4) is 0 Å². The average Bonchev–Trinajstić information content (AvgIpc) is 2.95. The minimum absolute atomic E-state index is 0.183. The number of imide groups is 1. The Morgan fingerprint density at radius 2 is 1.84 bits per heavy atom. The predicted octanol–water partition coefficient (Wildman–Crippen LogP) is 3.19. The first-order chi connectivity index (χ1) is 14.7. The topological polar surface area (TPSA) is 79.0 Å². The minimum Gasteiger partial charge on any atom is -0.383 e. The summed E-state index contributed by atoms with van der Waals surface area (Å²) in [6.07, 6.45) is 3.04. The molecule has 3 rings (SSSR count). The van der Waals surface area contributed by atoms with Gasteiger partial charge in [0, 0.05) is 20.2 Å². The number of urea groups is 1. The Morgan fingerprint density at radius 3 is 2.42 bits per heavy atom. The summed E-state index contributed by atoms with van der Waals surface area (Å²) in [5.41, 5.74) is 0.319. The molecule has 1 aliphatic carbocycles. The maximum atomic E-state index is 13.2. The quantitative estimate of drug-likeness (QED) is 0.675. The highest BCUT2D eigenvalue weighted by atomic mass is 16.5. The van der Waals surface area contributed by atoms with Gasteiger partial charge in [0.15, 0.2) is 0 Å². The molecule has 0 radical (unpaired) electrons. The van der Waals surface area contributed by atoms with Crippen LogP contribution in [0.1, 0.15) is 52.0 Å². The molecule has 7 nitrogen and oxygen atoms in total. The van der Waals surface area contributed by atoms with Crippen molar-refractivity contribution in [3.05, 3.63) is 35.9 Å². The third kappa shape index (κ3) is 5.26. The lowest BCUT2D eigenvalue weighted by atomic mass is 9.67. The van der Waals surface area contributed by atoms with Crippen LogP contribution in [-0.2, 0) is 20.9 Å². The van der Waals surface area contributed by atoms with Gasteiger partial charge in [-0.3, -0.25) is 14.5 Å². The van der Waals surface area contributed by atoms with Gasteiger partial charge in [-0.2, -0.15) is 0 Å². The molecule has 1 spiro atoms. The maximum Gasteiger partial charge on any atom is 0.325 e. The molecule has 1 heterocycles. The third-order valence-corrected chi connectivity index (χ3v) is 6.74. The molecule has 1 aromatic rings. The van der Waals surface area contributed by atoms with Gasteiger partial charge < -0.3 is 15.0 Å². The van der Waals surface area contributed by atoms with Gasteiger partial charge in [0.25, 0.3) is 5.91 Å². The molecule has 1 aromatic carbocycles. The van der Waals surface area contributed by atoms with Crippen molar-refractivity contribution in [2.45, 2.75) is 58.5 Å². The van der Waals surface area contributed by atoms with Crippen LogP contribution >= 0.6 is 0 Å². The first kappa shape index (κ1) is 23.3. The molecule has 2 fully saturated rings. The number of hydrogen-bond donors (Lipinski definition) is 1. The van der Waals surface area contributed by atoms with Crippen LogP contribution in [0, 0.1) is 11.3 Å². The number of carbonyl (C=O) groups excluding carboxylic acids is 3. The van der Waals surface area contributed by atoms with Crippen molar-refractivity contribution in [1.82, 2.24) is 15.1 Å². The van der Waals surface area contributed by atoms with Gasteiger partial charge in [-0.05, 0) is 42.6 Å². The lowest BCUT2D eigenvalue weighted by Gasteiger charge is -2.40. The number of hydrogen-bond acceptors (Lipinski definition) is 4. The van der Waals surface area contributed by atoms with Crippen LogP contribution in [0.25, 0.3) is 0 Å². The molecule has 1 saturated carbocycles. The summed E-state index contributed by atoms with van der Waals surface area (Å²) >= 11 is 0. The van der Waals surface area contributed by atoms with E-state index in [2.05, 4.69) is 26.1 Å². The van der Waals surface area contributed by atoms with Gasteiger partial charge in [-0.1, -0.05) is 51.1 Å². The van der Waals surface area contributed by atoms with Crippen molar-refractivity contribution >= 4 is 17.8 Å². The summed E-state index contributed by atoms with van der Waals surface area (Å²) in [5, 5.41) is 2.92. The molecular formula is C24H35N3O4. The van der Waals surface area contributed by atoms with Crippen molar-refractivity contribution in [1.29, 1.82) is 0 Å². The smallest absolute Gasteiger partial charge is 0.325 e. The number of nitrogens with one attached hydrogen (secondary N) is 1. The molecule has 0 bridgehead atoms. The number of methoxy groups -OCH3 is 1. The van der Waals surface area contributed by atoms with Gasteiger partial charge in [-0.15, -0.1) is 0 Å². The number of ether oxygens (including phenoxy) is 1. The Morgan fingerprint density at radius 1 is 1.19 bits per heavy atom. The molecule has 170 valence electrons. The maximum absolute atomic E-state index is 13.2. The fraction of sp³-hybridized carbons (Fsp3) is 0.625. The van der Waals surface area contributed by atoms with Gasteiger partial charge in [0.1, 0.15) is 12.1 Å². The van der Waals surface area contributed by atoms with Gasteiger partial charge in [0.2, 0.25) is 5.91 Å². The van der Waals surface area contributed by atoms with E-state index in [-0.39, 0.29) is 23.8 Å². The normalized spacial score (nSPS) is 23.9. The Hall–Kier alpha value is -2.41. The lowest BCUT2D eigenvalue weighted by molar-refractivity contribution is -0.140. The second-order valence-electron chi connectivity index (χ2n) is 9.84. The molecule has 2 aliphatic rings. The molecule has 31 heavy (non-hydrogen) atoms. The minimum atomic E-state index is -0.851. The number of rotatable bonds is 7. The zero-order valence-corrected chi connectivity index (χ0v) is 19.1. The Balaban J connectivity index is 1.67. The second kappa shape index (κ2) is 9.39. The van der Waals surface area contributed by atoms with Crippen LogP contribution in [-0.4, -0.2) is 60.0 Å². The summed E-state index contributed by atoms with van der Waals surface area (Å²) in [7, 11) is 1.58. The van der Waals surface area contributed by atoms with E-state index in [0.717, 1.165) is 23.3 Å². The van der Waals surface area contributed by atoms with E-state index in [0.29, 0.717) is 38.5 Å². The number of nitrogens with zero attached hydrogens (tertiary/aromatic N) is 2. The van der Waals surface area contributed by atoms with Crippen LogP contribution in [0.5, 0.6) is 0 Å². The van der Waals surface area contributed by atoms with Crippen LogP contribution in [0.4, 0.5) is 4.79 Å². The molecule has 0 unspecified atom stereocenters. The molecule has 0 atom stereocenters. The van der Waals surface area contributed by atoms with E-state index in [1.807, 2.05) is 30.3 Å². The van der Waals surface area contributed by atoms with Gasteiger partial charge in [0.05, 0.1) is 6.61 Å². The van der Waals surface area contributed by atoms with Crippen molar-refractivity contribution in [3.63, 3.8) is 0 Å². The van der Waals surface area contributed by atoms with Crippen LogP contribution in [0.2, 0.25) is 0 Å². The van der Waals surface area contributed by atoms with Crippen molar-refractivity contribution in [2.75, 3.05) is 26.8 Å². The molecule has 1 saturated heterocycles. The van der Waals surface area contributed by atoms with Crippen molar-refractivity contribution < 1.29 is 19.1 Å². The zero-order chi connectivity index (χ0) is 22.6. The first-order valence-corrected chi connectivity index (χ1v) is 11.1. The lowest BCUT2D eigenvalue weighted by Crippen LogP contribution is -2.51. The summed E-state index contributed by atoms with van der Waals surface area (Å²) in [6, 6.07) is 9.20. The molecule has 1 aliphatic heterocycles. The second-order valence-corrected chi connectivity index (χ2v) is 9.84. The van der Waals surface area contributed by atoms with E-state index in [1.54, 1.807) is 12.0 Å². The molecular weight excluding hydrogens is 394 g/mol. The summed E-state index contributed by atoms with van der Waals surface area (Å²) < 4.78 is 5.15. The highest BCUT2D eigenvalue weighted by molar-refractivity contribution is 6.09. The standard InChI is InChI=1S/C24H35N3O4/c1-23(2,3)19-10-12-24(13-11-19)21(29)27(22(30)25-24)17-20(28)26(14-15-31-4)16-18-8-6-5-7-9-18/h5-9,19H,10-17H2,1-4H3,(H,25,30). The fourth-order valence-electron chi connectivity index (χ4n) is 4.67. The summed E-state index contributed by atoms with van der Waals surface area (Å²) in [4.78, 5) is 41.7. The van der Waals surface area contributed by atoms with Crippen LogP contribution < -0.4 is 5.32 Å². The van der Waals surface area contributed by atoms with Gasteiger partial charge in [-0.25, -0.2) is 4.79 Å². The van der Waals surface area contributed by atoms with E-state index < -0.39 is 11.6 Å². The van der Waals surface area contributed by atoms with Crippen molar-refractivity contribution in [2.24, 2.45) is 11.3 Å². The molecule has 7 heteroatoms. The summed E-state index contributed by atoms with van der Waals surface area (Å²) in [5.74, 6) is 0.00311. The van der Waals surface area contributed by atoms with Crippen LogP contribution in [0.3, 0.4) is 0 Å². The third-order valence-electron chi connectivity index (χ3n) is 6.74. The van der Waals surface area contributed by atoms with E-state index in [1.165, 1.54) is 0 Å². The van der Waals surface area contributed by atoms with Crippen LogP contribution in [0.15, 0.2) is 30.3 Å². The van der Waals surface area contributed by atoms with E-state index >= 15 is 0 Å². The highest BCUT2D eigenvalue weighted by Gasteiger charge is 2.53. The summed E-state index contributed by atoms with van der Waals surface area (Å²) in [6.45, 7) is 7.60. The van der Waals surface area contributed by atoms with Gasteiger partial charge >= 0.3 is 6.03 Å². The molecule has 4 amide bonds. The monoisotopic (exact) mass is 429 g/mol. The molecule has 0 aromatic heterocycles.